The van der Waals surface area contributed by atoms with Crippen LogP contribution in [0.3, 0.4) is 0 Å². The highest BCUT2D eigenvalue weighted by Gasteiger charge is 2.23. The normalized spacial score (nSPS) is 10.2. The van der Waals surface area contributed by atoms with Crippen molar-refractivity contribution in [2.24, 2.45) is 0 Å². The van der Waals surface area contributed by atoms with E-state index in [0.29, 0.717) is 6.54 Å². The van der Waals surface area contributed by atoms with E-state index in [1.54, 1.807) is 26.0 Å². The molecule has 0 fully saturated rings. The second-order valence-corrected chi connectivity index (χ2v) is 4.32. The highest BCUT2D eigenvalue weighted by atomic mass is 19.1. The first kappa shape index (κ1) is 14.6. The summed E-state index contributed by atoms with van der Waals surface area (Å²) in [5, 5.41) is 16.6. The van der Waals surface area contributed by atoms with Gasteiger partial charge >= 0.3 is 5.69 Å². The first-order valence-corrected chi connectivity index (χ1v) is 6.29. The lowest BCUT2D eigenvalue weighted by Crippen LogP contribution is -2.08. The van der Waals surface area contributed by atoms with Crippen molar-refractivity contribution < 1.29 is 9.31 Å². The molecule has 0 aliphatic carbocycles. The molecule has 1 aromatic heterocycles. The van der Waals surface area contributed by atoms with Crippen molar-refractivity contribution >= 4 is 23.0 Å². The first-order chi connectivity index (χ1) is 10.0. The Bertz CT molecular complexity index is 678. The monoisotopic (exact) mass is 291 g/mol. The van der Waals surface area contributed by atoms with Crippen LogP contribution in [-0.4, -0.2) is 21.4 Å². The number of aromatic nitrogens is 2. The number of hydrogen-bond acceptors (Lipinski definition) is 6. The highest BCUT2D eigenvalue weighted by Crippen LogP contribution is 2.31. The number of hydrogen-bond donors (Lipinski definition) is 2. The van der Waals surface area contributed by atoms with Gasteiger partial charge < -0.3 is 10.6 Å². The minimum absolute atomic E-state index is 0.0598. The average Bonchev–Trinajstić information content (AvgIpc) is 2.43. The standard InChI is InChI=1S/C13H14FN5O2/c1-3-15-12-11(19(20)21)13(17-7-16-12)18-10-6-8(2)4-5-9(10)14/h4-7H,3H2,1-2H3,(H2,15,16,17,18). The van der Waals surface area contributed by atoms with E-state index in [-0.39, 0.29) is 23.0 Å². The van der Waals surface area contributed by atoms with Crippen LogP contribution in [0, 0.1) is 22.9 Å². The minimum Gasteiger partial charge on any atom is -0.364 e. The molecule has 7 nitrogen and oxygen atoms in total. The number of nitrogens with zero attached hydrogens (tertiary/aromatic N) is 3. The van der Waals surface area contributed by atoms with Gasteiger partial charge in [-0.2, -0.15) is 0 Å². The van der Waals surface area contributed by atoms with E-state index in [4.69, 9.17) is 0 Å². The molecule has 0 aliphatic heterocycles. The molecule has 110 valence electrons. The summed E-state index contributed by atoms with van der Waals surface area (Å²) in [4.78, 5) is 18.3. The van der Waals surface area contributed by atoms with E-state index < -0.39 is 10.7 Å². The van der Waals surface area contributed by atoms with Crippen molar-refractivity contribution in [1.82, 2.24) is 9.97 Å². The third-order valence-corrected chi connectivity index (χ3v) is 2.72. The van der Waals surface area contributed by atoms with Crippen LogP contribution in [-0.2, 0) is 0 Å². The van der Waals surface area contributed by atoms with Crippen LogP contribution < -0.4 is 10.6 Å². The second-order valence-electron chi connectivity index (χ2n) is 4.32. The molecule has 2 rings (SSSR count). The molecule has 0 atom stereocenters. The van der Waals surface area contributed by atoms with Crippen LogP contribution in [0.5, 0.6) is 0 Å². The maximum Gasteiger partial charge on any atom is 0.353 e. The van der Waals surface area contributed by atoms with Crippen molar-refractivity contribution in [2.75, 3.05) is 17.2 Å². The lowest BCUT2D eigenvalue weighted by atomic mass is 10.2. The van der Waals surface area contributed by atoms with Gasteiger partial charge in [-0.15, -0.1) is 0 Å². The zero-order valence-electron chi connectivity index (χ0n) is 11.6. The van der Waals surface area contributed by atoms with Crippen LogP contribution in [0.1, 0.15) is 12.5 Å². The molecule has 0 saturated carbocycles. The fourth-order valence-electron chi connectivity index (χ4n) is 1.80. The van der Waals surface area contributed by atoms with Gasteiger partial charge in [0.05, 0.1) is 10.6 Å². The third kappa shape index (κ3) is 3.22. The summed E-state index contributed by atoms with van der Waals surface area (Å²) >= 11 is 0. The molecule has 21 heavy (non-hydrogen) atoms. The molecule has 2 N–H and O–H groups in total. The Morgan fingerprint density at radius 1 is 1.33 bits per heavy atom. The van der Waals surface area contributed by atoms with Gasteiger partial charge in [0.25, 0.3) is 0 Å². The molecular weight excluding hydrogens is 277 g/mol. The van der Waals surface area contributed by atoms with Crippen LogP contribution in [0.15, 0.2) is 24.5 Å². The summed E-state index contributed by atoms with van der Waals surface area (Å²) in [5.74, 6) is -0.484. The second kappa shape index (κ2) is 6.12. The van der Waals surface area contributed by atoms with Gasteiger partial charge in [-0.3, -0.25) is 10.1 Å². The molecule has 0 spiro atoms. The van der Waals surface area contributed by atoms with Gasteiger partial charge in [-0.25, -0.2) is 14.4 Å². The number of benzene rings is 1. The summed E-state index contributed by atoms with van der Waals surface area (Å²) in [6.07, 6.45) is 1.18. The molecular formula is C13H14FN5O2. The smallest absolute Gasteiger partial charge is 0.353 e. The molecule has 0 amide bonds. The van der Waals surface area contributed by atoms with Crippen molar-refractivity contribution in [3.8, 4) is 0 Å². The third-order valence-electron chi connectivity index (χ3n) is 2.72. The van der Waals surface area contributed by atoms with E-state index in [1.165, 1.54) is 12.4 Å². The van der Waals surface area contributed by atoms with Gasteiger partial charge in [0.15, 0.2) is 0 Å². The van der Waals surface area contributed by atoms with Gasteiger partial charge in [0, 0.05) is 6.54 Å². The molecule has 0 unspecified atom stereocenters. The number of anilines is 3. The number of halogens is 1. The zero-order chi connectivity index (χ0) is 15.4. The number of nitrogens with one attached hydrogen (secondary N) is 2. The molecule has 0 aliphatic rings. The summed E-state index contributed by atoms with van der Waals surface area (Å²) in [7, 11) is 0. The van der Waals surface area contributed by atoms with E-state index in [0.717, 1.165) is 5.56 Å². The predicted molar refractivity (Wildman–Crippen MR) is 77.3 cm³/mol. The highest BCUT2D eigenvalue weighted by molar-refractivity contribution is 5.74. The number of rotatable bonds is 5. The zero-order valence-corrected chi connectivity index (χ0v) is 11.6. The maximum atomic E-state index is 13.7. The Morgan fingerprint density at radius 2 is 2.05 bits per heavy atom. The Labute approximate surface area is 120 Å². The molecule has 0 saturated heterocycles. The van der Waals surface area contributed by atoms with Crippen molar-refractivity contribution in [1.29, 1.82) is 0 Å². The summed E-state index contributed by atoms with van der Waals surface area (Å²) < 4.78 is 13.7. The Balaban J connectivity index is 2.46. The lowest BCUT2D eigenvalue weighted by molar-refractivity contribution is -0.383. The van der Waals surface area contributed by atoms with Gasteiger partial charge in [-0.05, 0) is 31.5 Å². The van der Waals surface area contributed by atoms with Crippen molar-refractivity contribution in [2.45, 2.75) is 13.8 Å². The fourth-order valence-corrected chi connectivity index (χ4v) is 1.80. The number of nitro groups is 1. The van der Waals surface area contributed by atoms with Gasteiger partial charge in [0.1, 0.15) is 12.1 Å². The Morgan fingerprint density at radius 3 is 2.71 bits per heavy atom. The summed E-state index contributed by atoms with van der Waals surface area (Å²) in [6.45, 7) is 4.05. The van der Waals surface area contributed by atoms with E-state index >= 15 is 0 Å². The van der Waals surface area contributed by atoms with Crippen LogP contribution in [0.4, 0.5) is 27.4 Å². The molecule has 1 heterocycles. The van der Waals surface area contributed by atoms with Crippen LogP contribution >= 0.6 is 0 Å². The first-order valence-electron chi connectivity index (χ1n) is 6.29. The summed E-state index contributed by atoms with van der Waals surface area (Å²) in [5.41, 5.74) is 0.627. The largest absolute Gasteiger partial charge is 0.364 e. The molecule has 1 aromatic carbocycles. The minimum atomic E-state index is -0.603. The fraction of sp³-hybridized carbons (Fsp3) is 0.231. The van der Waals surface area contributed by atoms with Gasteiger partial charge in [0.2, 0.25) is 11.6 Å². The predicted octanol–water partition coefficient (Wildman–Crippen LogP) is 3.01. The molecule has 0 bridgehead atoms. The Kier molecular flexibility index (Phi) is 4.27. The lowest BCUT2D eigenvalue weighted by Gasteiger charge is -2.10. The quantitative estimate of drug-likeness (QED) is 0.649. The van der Waals surface area contributed by atoms with Gasteiger partial charge in [-0.1, -0.05) is 6.07 Å². The van der Waals surface area contributed by atoms with Crippen molar-refractivity contribution in [3.63, 3.8) is 0 Å². The maximum absolute atomic E-state index is 13.7. The molecule has 2 aromatic rings. The number of aryl methyl sites for hydroxylation is 1. The van der Waals surface area contributed by atoms with Crippen LogP contribution in [0.25, 0.3) is 0 Å². The van der Waals surface area contributed by atoms with Crippen LogP contribution in [0.2, 0.25) is 0 Å². The average molecular weight is 291 g/mol. The van der Waals surface area contributed by atoms with Crippen molar-refractivity contribution in [3.05, 3.63) is 46.0 Å². The topological polar surface area (TPSA) is 93.0 Å². The van der Waals surface area contributed by atoms with E-state index in [2.05, 4.69) is 20.6 Å². The Hall–Kier alpha value is -2.77. The molecule has 0 radical (unpaired) electrons. The van der Waals surface area contributed by atoms with E-state index in [9.17, 15) is 14.5 Å². The molecule has 8 heteroatoms. The van der Waals surface area contributed by atoms with E-state index in [1.807, 2.05) is 0 Å². The SMILES string of the molecule is CCNc1ncnc(Nc2cc(C)ccc2F)c1[N+](=O)[O-]. The summed E-state index contributed by atoms with van der Waals surface area (Å²) in [6, 6.07) is 4.45.